The van der Waals surface area contributed by atoms with E-state index in [9.17, 15) is 9.59 Å². The van der Waals surface area contributed by atoms with Gasteiger partial charge in [-0.25, -0.2) is 0 Å². The molecular formula is C26H26N2O3. The van der Waals surface area contributed by atoms with Crippen LogP contribution in [0, 0.1) is 20.8 Å². The van der Waals surface area contributed by atoms with Crippen molar-refractivity contribution in [1.29, 1.82) is 0 Å². The number of aryl methyl sites for hydroxylation is 2. The van der Waals surface area contributed by atoms with Crippen LogP contribution in [-0.4, -0.2) is 25.5 Å². The fourth-order valence-corrected chi connectivity index (χ4v) is 4.00. The molecule has 2 amide bonds. The first-order chi connectivity index (χ1) is 14.9. The van der Waals surface area contributed by atoms with Gasteiger partial charge in [-0.1, -0.05) is 42.0 Å². The minimum absolute atomic E-state index is 0.00363. The van der Waals surface area contributed by atoms with Crippen LogP contribution in [0.5, 0.6) is 5.75 Å². The third-order valence-corrected chi connectivity index (χ3v) is 5.93. The second-order valence-electron chi connectivity index (χ2n) is 7.92. The zero-order chi connectivity index (χ0) is 22.1. The Hall–Kier alpha value is -3.60. The average Bonchev–Trinajstić information content (AvgIpc) is 2.78. The Morgan fingerprint density at radius 2 is 1.55 bits per heavy atom. The number of hydrogen-bond acceptors (Lipinski definition) is 3. The van der Waals surface area contributed by atoms with E-state index in [4.69, 9.17) is 4.74 Å². The molecular weight excluding hydrogens is 388 g/mol. The summed E-state index contributed by atoms with van der Waals surface area (Å²) in [6, 6.07) is 20.1. The molecule has 0 N–H and O–H groups in total. The van der Waals surface area contributed by atoms with Crippen LogP contribution in [0.2, 0.25) is 0 Å². The number of benzene rings is 3. The van der Waals surface area contributed by atoms with Gasteiger partial charge in [0.25, 0.3) is 5.91 Å². The Labute approximate surface area is 182 Å². The molecule has 3 aromatic rings. The third kappa shape index (κ3) is 3.79. The number of nitrogens with zero attached hydrogens (tertiary/aromatic N) is 2. The number of rotatable bonds is 4. The topological polar surface area (TPSA) is 49.9 Å². The van der Waals surface area contributed by atoms with Crippen molar-refractivity contribution in [3.8, 4) is 5.75 Å². The number of amides is 2. The lowest BCUT2D eigenvalue weighted by molar-refractivity contribution is -0.128. The van der Waals surface area contributed by atoms with E-state index < -0.39 is 6.04 Å². The molecule has 4 rings (SSSR count). The molecule has 1 aliphatic heterocycles. The number of ether oxygens (including phenoxy) is 1. The highest BCUT2D eigenvalue weighted by Gasteiger charge is 2.42. The van der Waals surface area contributed by atoms with Gasteiger partial charge in [-0.3, -0.25) is 14.5 Å². The van der Waals surface area contributed by atoms with Crippen molar-refractivity contribution in [2.45, 2.75) is 26.8 Å². The normalized spacial score (nSPS) is 16.6. The molecule has 0 radical (unpaired) electrons. The quantitative estimate of drug-likeness (QED) is 0.620. The van der Waals surface area contributed by atoms with Gasteiger partial charge in [-0.05, 0) is 67.8 Å². The van der Waals surface area contributed by atoms with Gasteiger partial charge in [-0.15, -0.1) is 0 Å². The van der Waals surface area contributed by atoms with Crippen molar-refractivity contribution in [1.82, 2.24) is 0 Å². The number of carbonyl (C=O) groups is 2. The predicted octanol–water partition coefficient (Wildman–Crippen LogP) is 4.74. The highest BCUT2D eigenvalue weighted by Crippen LogP contribution is 2.36. The Balaban J connectivity index is 1.83. The van der Waals surface area contributed by atoms with Crippen molar-refractivity contribution in [2.75, 3.05) is 23.5 Å². The van der Waals surface area contributed by atoms with Crippen LogP contribution >= 0.6 is 0 Å². The van der Waals surface area contributed by atoms with Crippen molar-refractivity contribution in [3.63, 3.8) is 0 Å². The molecule has 0 spiro atoms. The molecule has 3 aromatic carbocycles. The summed E-state index contributed by atoms with van der Waals surface area (Å²) >= 11 is 0. The highest BCUT2D eigenvalue weighted by atomic mass is 16.5. The van der Waals surface area contributed by atoms with Gasteiger partial charge in [0.1, 0.15) is 18.3 Å². The summed E-state index contributed by atoms with van der Waals surface area (Å²) in [6.07, 6.45) is 0. The first-order valence-corrected chi connectivity index (χ1v) is 10.3. The molecule has 31 heavy (non-hydrogen) atoms. The Morgan fingerprint density at radius 1 is 0.871 bits per heavy atom. The molecule has 1 saturated heterocycles. The molecule has 1 atom stereocenters. The van der Waals surface area contributed by atoms with E-state index >= 15 is 0 Å². The van der Waals surface area contributed by atoms with Crippen molar-refractivity contribution in [3.05, 3.63) is 89.0 Å². The maximum Gasteiger partial charge on any atom is 0.255 e. The first-order valence-electron chi connectivity index (χ1n) is 10.3. The monoisotopic (exact) mass is 414 g/mol. The van der Waals surface area contributed by atoms with Crippen LogP contribution < -0.4 is 14.5 Å². The number of methoxy groups -OCH3 is 1. The number of piperazine rings is 1. The smallest absolute Gasteiger partial charge is 0.255 e. The molecule has 5 nitrogen and oxygen atoms in total. The standard InChI is InChI=1S/C26H26N2O3/c1-17-8-12-21(13-9-17)28-24(29)16-27(23-7-5-6-18(2)19(23)3)26(30)25(28)20-10-14-22(31-4)15-11-20/h5-15,25H,16H2,1-4H3/t25-/m0/s1. The van der Waals surface area contributed by atoms with Gasteiger partial charge >= 0.3 is 0 Å². The Bertz CT molecular complexity index is 1120. The summed E-state index contributed by atoms with van der Waals surface area (Å²) in [5.41, 5.74) is 5.42. The molecule has 0 bridgehead atoms. The molecule has 5 heteroatoms. The van der Waals surface area contributed by atoms with E-state index in [2.05, 4.69) is 0 Å². The molecule has 158 valence electrons. The number of anilines is 2. The van der Waals surface area contributed by atoms with Gasteiger partial charge < -0.3 is 9.64 Å². The van der Waals surface area contributed by atoms with Gasteiger partial charge in [0.05, 0.1) is 7.11 Å². The SMILES string of the molecule is COc1ccc([C@H]2C(=O)N(c3cccc(C)c3C)CC(=O)N2c2ccc(C)cc2)cc1. The summed E-state index contributed by atoms with van der Waals surface area (Å²) in [7, 11) is 1.60. The lowest BCUT2D eigenvalue weighted by Gasteiger charge is -2.41. The second-order valence-corrected chi connectivity index (χ2v) is 7.92. The van der Waals surface area contributed by atoms with Crippen molar-refractivity contribution in [2.24, 2.45) is 0 Å². The fraction of sp³-hybridized carbons (Fsp3) is 0.231. The largest absolute Gasteiger partial charge is 0.497 e. The van der Waals surface area contributed by atoms with Crippen molar-refractivity contribution < 1.29 is 14.3 Å². The molecule has 1 aliphatic rings. The van der Waals surface area contributed by atoms with Gasteiger partial charge in [0.2, 0.25) is 5.91 Å². The summed E-state index contributed by atoms with van der Waals surface area (Å²) in [5, 5.41) is 0. The zero-order valence-corrected chi connectivity index (χ0v) is 18.3. The van der Waals surface area contributed by atoms with Gasteiger partial charge in [0.15, 0.2) is 0 Å². The third-order valence-electron chi connectivity index (χ3n) is 5.93. The van der Waals surface area contributed by atoms with E-state index in [1.165, 1.54) is 0 Å². The predicted molar refractivity (Wildman–Crippen MR) is 123 cm³/mol. The summed E-state index contributed by atoms with van der Waals surface area (Å²) in [6.45, 7) is 5.99. The average molecular weight is 415 g/mol. The second kappa shape index (κ2) is 8.26. The van der Waals surface area contributed by atoms with E-state index in [0.717, 1.165) is 27.9 Å². The van der Waals surface area contributed by atoms with Crippen LogP contribution in [0.25, 0.3) is 0 Å². The molecule has 0 aliphatic carbocycles. The Kier molecular flexibility index (Phi) is 5.51. The van der Waals surface area contributed by atoms with E-state index in [0.29, 0.717) is 11.4 Å². The highest BCUT2D eigenvalue weighted by molar-refractivity contribution is 6.14. The molecule has 1 fully saturated rings. The van der Waals surface area contributed by atoms with Gasteiger partial charge in [0, 0.05) is 11.4 Å². The maximum absolute atomic E-state index is 13.8. The van der Waals surface area contributed by atoms with E-state index in [1.807, 2.05) is 87.5 Å². The summed E-state index contributed by atoms with van der Waals surface area (Å²) in [5.74, 6) is 0.454. The molecule has 1 heterocycles. The van der Waals surface area contributed by atoms with Crippen LogP contribution in [0.3, 0.4) is 0 Å². The van der Waals surface area contributed by atoms with Crippen LogP contribution in [0.1, 0.15) is 28.3 Å². The van der Waals surface area contributed by atoms with Crippen LogP contribution in [-0.2, 0) is 9.59 Å². The minimum Gasteiger partial charge on any atom is -0.497 e. The summed E-state index contributed by atoms with van der Waals surface area (Å²) in [4.78, 5) is 30.5. The number of hydrogen-bond donors (Lipinski definition) is 0. The fourth-order valence-electron chi connectivity index (χ4n) is 4.00. The Morgan fingerprint density at radius 3 is 2.19 bits per heavy atom. The molecule has 0 aromatic heterocycles. The van der Waals surface area contributed by atoms with E-state index in [1.54, 1.807) is 16.9 Å². The maximum atomic E-state index is 13.8. The number of carbonyl (C=O) groups excluding carboxylic acids is 2. The van der Waals surface area contributed by atoms with Crippen molar-refractivity contribution >= 4 is 23.2 Å². The summed E-state index contributed by atoms with van der Waals surface area (Å²) < 4.78 is 5.27. The van der Waals surface area contributed by atoms with E-state index in [-0.39, 0.29) is 18.4 Å². The van der Waals surface area contributed by atoms with Crippen LogP contribution in [0.4, 0.5) is 11.4 Å². The zero-order valence-electron chi connectivity index (χ0n) is 18.3. The minimum atomic E-state index is -0.755. The first kappa shape index (κ1) is 20.7. The van der Waals surface area contributed by atoms with Gasteiger partial charge in [-0.2, -0.15) is 0 Å². The molecule has 0 unspecified atom stereocenters. The lowest BCUT2D eigenvalue weighted by Crippen LogP contribution is -2.56. The van der Waals surface area contributed by atoms with Crippen LogP contribution in [0.15, 0.2) is 66.7 Å². The lowest BCUT2D eigenvalue weighted by atomic mass is 9.98. The molecule has 0 saturated carbocycles.